The van der Waals surface area contributed by atoms with Crippen molar-refractivity contribution in [3.05, 3.63) is 62.8 Å². The SMILES string of the molecule is O=C(O)c1ccc(OCc2cc(Cl)ccc2F)c(Br)c1. The first kappa shape index (κ1) is 14.8. The summed E-state index contributed by atoms with van der Waals surface area (Å²) in [6.07, 6.45) is 0. The Morgan fingerprint density at radius 3 is 2.70 bits per heavy atom. The van der Waals surface area contributed by atoms with E-state index in [9.17, 15) is 9.18 Å². The number of carboxylic acids is 1. The molecule has 3 nitrogen and oxygen atoms in total. The molecule has 2 aromatic carbocycles. The van der Waals surface area contributed by atoms with E-state index in [1.54, 1.807) is 0 Å². The van der Waals surface area contributed by atoms with Crippen LogP contribution in [-0.4, -0.2) is 11.1 Å². The second kappa shape index (κ2) is 6.24. The molecular weight excluding hydrogens is 351 g/mol. The van der Waals surface area contributed by atoms with Gasteiger partial charge in [0.2, 0.25) is 0 Å². The summed E-state index contributed by atoms with van der Waals surface area (Å²) >= 11 is 9.00. The molecule has 2 rings (SSSR count). The molecule has 1 N–H and O–H groups in total. The smallest absolute Gasteiger partial charge is 0.335 e. The second-order valence-electron chi connectivity index (χ2n) is 3.97. The highest BCUT2D eigenvalue weighted by Crippen LogP contribution is 2.27. The van der Waals surface area contributed by atoms with E-state index in [1.807, 2.05) is 0 Å². The normalized spacial score (nSPS) is 10.3. The number of benzene rings is 2. The summed E-state index contributed by atoms with van der Waals surface area (Å²) in [4.78, 5) is 10.8. The third kappa shape index (κ3) is 3.49. The van der Waals surface area contributed by atoms with Crippen molar-refractivity contribution in [2.75, 3.05) is 0 Å². The summed E-state index contributed by atoms with van der Waals surface area (Å²) in [5.41, 5.74) is 0.463. The summed E-state index contributed by atoms with van der Waals surface area (Å²) in [5, 5.41) is 9.27. The maximum absolute atomic E-state index is 13.5. The molecule has 0 saturated heterocycles. The largest absolute Gasteiger partial charge is 0.488 e. The zero-order valence-electron chi connectivity index (χ0n) is 10.1. The van der Waals surface area contributed by atoms with Gasteiger partial charge in [0.05, 0.1) is 10.0 Å². The Balaban J connectivity index is 2.15. The van der Waals surface area contributed by atoms with Gasteiger partial charge >= 0.3 is 5.97 Å². The maximum Gasteiger partial charge on any atom is 0.335 e. The minimum atomic E-state index is -1.03. The lowest BCUT2D eigenvalue weighted by Crippen LogP contribution is -2.01. The number of carbonyl (C=O) groups is 1. The Bertz CT molecular complexity index is 661. The predicted molar refractivity (Wildman–Crippen MR) is 76.8 cm³/mol. The third-order valence-electron chi connectivity index (χ3n) is 2.57. The van der Waals surface area contributed by atoms with Crippen molar-refractivity contribution >= 4 is 33.5 Å². The molecule has 0 heterocycles. The van der Waals surface area contributed by atoms with Crippen LogP contribution in [0.4, 0.5) is 4.39 Å². The molecule has 104 valence electrons. The van der Waals surface area contributed by atoms with E-state index in [-0.39, 0.29) is 12.2 Å². The van der Waals surface area contributed by atoms with Crippen LogP contribution in [-0.2, 0) is 6.61 Å². The summed E-state index contributed by atoms with van der Waals surface area (Å²) < 4.78 is 19.5. The highest BCUT2D eigenvalue weighted by atomic mass is 79.9. The average molecular weight is 360 g/mol. The van der Waals surface area contributed by atoms with Crippen LogP contribution >= 0.6 is 27.5 Å². The van der Waals surface area contributed by atoms with Gasteiger partial charge in [-0.15, -0.1) is 0 Å². The summed E-state index contributed by atoms with van der Waals surface area (Å²) in [7, 11) is 0. The quantitative estimate of drug-likeness (QED) is 0.873. The summed E-state index contributed by atoms with van der Waals surface area (Å²) in [6.45, 7) is -0.00257. The molecule has 0 radical (unpaired) electrons. The highest BCUT2D eigenvalue weighted by molar-refractivity contribution is 9.10. The fourth-order valence-electron chi connectivity index (χ4n) is 1.56. The van der Waals surface area contributed by atoms with Gasteiger partial charge in [-0.05, 0) is 52.3 Å². The zero-order valence-corrected chi connectivity index (χ0v) is 12.4. The van der Waals surface area contributed by atoms with Crippen LogP contribution in [0.5, 0.6) is 5.75 Å². The first-order valence-corrected chi connectivity index (χ1v) is 6.74. The monoisotopic (exact) mass is 358 g/mol. The molecule has 6 heteroatoms. The Morgan fingerprint density at radius 2 is 2.05 bits per heavy atom. The third-order valence-corrected chi connectivity index (χ3v) is 3.42. The standard InChI is InChI=1S/C14H9BrClFO3/c15-11-6-8(14(18)19)1-4-13(11)20-7-9-5-10(16)2-3-12(9)17/h1-6H,7H2,(H,18,19). The number of rotatable bonds is 4. The van der Waals surface area contributed by atoms with E-state index < -0.39 is 11.8 Å². The molecule has 0 spiro atoms. The molecule has 20 heavy (non-hydrogen) atoms. The fraction of sp³-hybridized carbons (Fsp3) is 0.0714. The van der Waals surface area contributed by atoms with Crippen molar-refractivity contribution in [1.29, 1.82) is 0 Å². The van der Waals surface area contributed by atoms with Crippen molar-refractivity contribution in [2.24, 2.45) is 0 Å². The molecule has 0 unspecified atom stereocenters. The molecule has 0 atom stereocenters. The number of halogens is 3. The van der Waals surface area contributed by atoms with E-state index >= 15 is 0 Å². The van der Waals surface area contributed by atoms with E-state index in [2.05, 4.69) is 15.9 Å². The number of carboxylic acid groups (broad SMARTS) is 1. The molecule has 0 amide bonds. The minimum Gasteiger partial charge on any atom is -0.488 e. The lowest BCUT2D eigenvalue weighted by atomic mass is 10.2. The molecule has 2 aromatic rings. The molecule has 0 aliphatic rings. The highest BCUT2D eigenvalue weighted by Gasteiger charge is 2.09. The summed E-state index contributed by atoms with van der Waals surface area (Å²) in [6, 6.07) is 8.55. The topological polar surface area (TPSA) is 46.5 Å². The van der Waals surface area contributed by atoms with Crippen LogP contribution in [0, 0.1) is 5.82 Å². The van der Waals surface area contributed by atoms with Gasteiger partial charge in [0, 0.05) is 10.6 Å². The number of aromatic carboxylic acids is 1. The van der Waals surface area contributed by atoms with Gasteiger partial charge in [-0.25, -0.2) is 9.18 Å². The van der Waals surface area contributed by atoms with Gasteiger partial charge < -0.3 is 9.84 Å². The van der Waals surface area contributed by atoms with E-state index in [0.29, 0.717) is 20.8 Å². The number of hydrogen-bond donors (Lipinski definition) is 1. The molecule has 0 aliphatic carbocycles. The van der Waals surface area contributed by atoms with Crippen molar-refractivity contribution in [2.45, 2.75) is 6.61 Å². The Kier molecular flexibility index (Phi) is 4.62. The predicted octanol–water partition coefficient (Wildman–Crippen LogP) is 4.52. The number of hydrogen-bond acceptors (Lipinski definition) is 2. The van der Waals surface area contributed by atoms with E-state index in [1.165, 1.54) is 36.4 Å². The molecule has 0 bridgehead atoms. The zero-order chi connectivity index (χ0) is 14.7. The molecular formula is C14H9BrClFO3. The lowest BCUT2D eigenvalue weighted by molar-refractivity contribution is 0.0696. The summed E-state index contributed by atoms with van der Waals surface area (Å²) in [5.74, 6) is -1.01. The first-order valence-electron chi connectivity index (χ1n) is 5.57. The molecule has 0 fully saturated rings. The Hall–Kier alpha value is -1.59. The molecule has 0 saturated carbocycles. The first-order chi connectivity index (χ1) is 9.47. The second-order valence-corrected chi connectivity index (χ2v) is 5.27. The van der Waals surface area contributed by atoms with Gasteiger partial charge in [0.25, 0.3) is 0 Å². The van der Waals surface area contributed by atoms with Gasteiger partial charge in [-0.1, -0.05) is 11.6 Å². The minimum absolute atomic E-state index is 0.00257. The Morgan fingerprint density at radius 1 is 1.30 bits per heavy atom. The van der Waals surface area contributed by atoms with Crippen LogP contribution in [0.3, 0.4) is 0 Å². The maximum atomic E-state index is 13.5. The average Bonchev–Trinajstić information content (AvgIpc) is 2.40. The molecule has 0 aromatic heterocycles. The van der Waals surface area contributed by atoms with Crippen LogP contribution in [0.2, 0.25) is 5.02 Å². The van der Waals surface area contributed by atoms with Crippen LogP contribution in [0.15, 0.2) is 40.9 Å². The van der Waals surface area contributed by atoms with Crippen LogP contribution in [0.1, 0.15) is 15.9 Å². The Labute approximate surface area is 128 Å². The van der Waals surface area contributed by atoms with Crippen molar-refractivity contribution in [3.8, 4) is 5.75 Å². The van der Waals surface area contributed by atoms with Crippen molar-refractivity contribution < 1.29 is 19.0 Å². The van der Waals surface area contributed by atoms with E-state index in [4.69, 9.17) is 21.4 Å². The number of ether oxygens (including phenoxy) is 1. The van der Waals surface area contributed by atoms with Gasteiger partial charge in [0.15, 0.2) is 0 Å². The fourth-order valence-corrected chi connectivity index (χ4v) is 2.25. The van der Waals surface area contributed by atoms with Crippen LogP contribution < -0.4 is 4.74 Å². The van der Waals surface area contributed by atoms with Crippen molar-refractivity contribution in [1.82, 2.24) is 0 Å². The lowest BCUT2D eigenvalue weighted by Gasteiger charge is -2.09. The van der Waals surface area contributed by atoms with E-state index in [0.717, 1.165) is 0 Å². The molecule has 0 aliphatic heterocycles. The van der Waals surface area contributed by atoms with Crippen LogP contribution in [0.25, 0.3) is 0 Å². The van der Waals surface area contributed by atoms with Crippen molar-refractivity contribution in [3.63, 3.8) is 0 Å². The van der Waals surface area contributed by atoms with Gasteiger partial charge in [-0.2, -0.15) is 0 Å². The van der Waals surface area contributed by atoms with Gasteiger partial charge in [-0.3, -0.25) is 0 Å². The van der Waals surface area contributed by atoms with Gasteiger partial charge in [0.1, 0.15) is 18.2 Å².